The standard InChI is InChI=1S/C16H26N2/c1-3-15-10-9-13(2)18(15)12-11-16(17)14-7-5-4-6-8-14/h4-8,13,15-16H,3,9-12,17H2,1-2H3. The van der Waals surface area contributed by atoms with Crippen LogP contribution in [0.1, 0.15) is 51.1 Å². The lowest BCUT2D eigenvalue weighted by Crippen LogP contribution is -2.36. The summed E-state index contributed by atoms with van der Waals surface area (Å²) in [4.78, 5) is 2.66. The zero-order valence-electron chi connectivity index (χ0n) is 11.7. The van der Waals surface area contributed by atoms with Gasteiger partial charge in [0.25, 0.3) is 0 Å². The van der Waals surface area contributed by atoms with Crippen LogP contribution in [0.3, 0.4) is 0 Å². The Morgan fingerprint density at radius 1 is 1.28 bits per heavy atom. The van der Waals surface area contributed by atoms with Crippen molar-refractivity contribution in [2.75, 3.05) is 6.54 Å². The third-order valence-corrected chi connectivity index (χ3v) is 4.35. The molecule has 0 spiro atoms. The molecule has 1 aliphatic rings. The summed E-state index contributed by atoms with van der Waals surface area (Å²) in [5.74, 6) is 0. The molecule has 3 unspecified atom stereocenters. The van der Waals surface area contributed by atoms with Crippen LogP contribution in [0.4, 0.5) is 0 Å². The monoisotopic (exact) mass is 246 g/mol. The highest BCUT2D eigenvalue weighted by molar-refractivity contribution is 5.18. The molecule has 2 rings (SSSR count). The fourth-order valence-electron chi connectivity index (χ4n) is 3.12. The fraction of sp³-hybridized carbons (Fsp3) is 0.625. The molecule has 0 saturated carbocycles. The molecular formula is C16H26N2. The van der Waals surface area contributed by atoms with Crippen LogP contribution < -0.4 is 5.73 Å². The predicted octanol–water partition coefficient (Wildman–Crippen LogP) is 3.34. The fourth-order valence-corrected chi connectivity index (χ4v) is 3.12. The van der Waals surface area contributed by atoms with Crippen molar-refractivity contribution < 1.29 is 0 Å². The van der Waals surface area contributed by atoms with E-state index >= 15 is 0 Å². The van der Waals surface area contributed by atoms with E-state index in [9.17, 15) is 0 Å². The Kier molecular flexibility index (Phi) is 4.79. The summed E-state index contributed by atoms with van der Waals surface area (Å²) < 4.78 is 0. The highest BCUT2D eigenvalue weighted by atomic mass is 15.2. The quantitative estimate of drug-likeness (QED) is 0.863. The van der Waals surface area contributed by atoms with Crippen molar-refractivity contribution >= 4 is 0 Å². The highest BCUT2D eigenvalue weighted by Gasteiger charge is 2.28. The Morgan fingerprint density at radius 2 is 2.00 bits per heavy atom. The number of rotatable bonds is 5. The lowest BCUT2D eigenvalue weighted by Gasteiger charge is -2.28. The van der Waals surface area contributed by atoms with Gasteiger partial charge in [-0.2, -0.15) is 0 Å². The summed E-state index contributed by atoms with van der Waals surface area (Å²) in [5, 5.41) is 0. The first-order valence-corrected chi connectivity index (χ1v) is 7.28. The molecule has 0 bridgehead atoms. The van der Waals surface area contributed by atoms with E-state index in [-0.39, 0.29) is 6.04 Å². The summed E-state index contributed by atoms with van der Waals surface area (Å²) >= 11 is 0. The molecule has 1 heterocycles. The molecule has 0 aliphatic carbocycles. The van der Waals surface area contributed by atoms with Crippen LogP contribution in [0.5, 0.6) is 0 Å². The SMILES string of the molecule is CCC1CCC(C)N1CCC(N)c1ccccc1. The van der Waals surface area contributed by atoms with E-state index in [1.165, 1.54) is 24.8 Å². The van der Waals surface area contributed by atoms with Gasteiger partial charge in [-0.15, -0.1) is 0 Å². The molecule has 0 radical (unpaired) electrons. The summed E-state index contributed by atoms with van der Waals surface area (Å²) in [6, 6.07) is 12.2. The Bertz CT molecular complexity index is 349. The Labute approximate surface area is 111 Å². The molecule has 100 valence electrons. The van der Waals surface area contributed by atoms with E-state index < -0.39 is 0 Å². The second-order valence-electron chi connectivity index (χ2n) is 5.53. The first-order valence-electron chi connectivity index (χ1n) is 7.28. The van der Waals surface area contributed by atoms with Gasteiger partial charge in [-0.05, 0) is 38.2 Å². The van der Waals surface area contributed by atoms with Crippen LogP contribution in [0.15, 0.2) is 30.3 Å². The Morgan fingerprint density at radius 3 is 2.67 bits per heavy atom. The molecule has 1 saturated heterocycles. The summed E-state index contributed by atoms with van der Waals surface area (Å²) in [6.45, 7) is 5.78. The minimum atomic E-state index is 0.177. The van der Waals surface area contributed by atoms with E-state index in [2.05, 4.69) is 43.0 Å². The maximum absolute atomic E-state index is 6.28. The number of nitrogens with two attached hydrogens (primary N) is 1. The first kappa shape index (κ1) is 13.6. The zero-order chi connectivity index (χ0) is 13.0. The largest absolute Gasteiger partial charge is 0.324 e. The summed E-state index contributed by atoms with van der Waals surface area (Å²) in [5.41, 5.74) is 7.54. The smallest absolute Gasteiger partial charge is 0.0307 e. The van der Waals surface area contributed by atoms with E-state index in [0.29, 0.717) is 0 Å². The average Bonchev–Trinajstić information content (AvgIpc) is 2.77. The molecular weight excluding hydrogens is 220 g/mol. The first-order chi connectivity index (χ1) is 8.72. The van der Waals surface area contributed by atoms with Gasteiger partial charge in [-0.3, -0.25) is 4.90 Å². The van der Waals surface area contributed by atoms with E-state index in [4.69, 9.17) is 5.73 Å². The van der Waals surface area contributed by atoms with Crippen molar-refractivity contribution in [3.8, 4) is 0 Å². The number of nitrogens with zero attached hydrogens (tertiary/aromatic N) is 1. The van der Waals surface area contributed by atoms with Crippen molar-refractivity contribution in [2.45, 2.75) is 57.7 Å². The molecule has 0 aromatic heterocycles. The molecule has 18 heavy (non-hydrogen) atoms. The third-order valence-electron chi connectivity index (χ3n) is 4.35. The number of benzene rings is 1. The van der Waals surface area contributed by atoms with Gasteiger partial charge in [0, 0.05) is 24.7 Å². The normalized spacial score (nSPS) is 26.4. The molecule has 1 aliphatic heterocycles. The number of hydrogen-bond donors (Lipinski definition) is 1. The van der Waals surface area contributed by atoms with Gasteiger partial charge in [0.2, 0.25) is 0 Å². The lowest BCUT2D eigenvalue weighted by atomic mass is 10.0. The van der Waals surface area contributed by atoms with Crippen molar-refractivity contribution in [1.29, 1.82) is 0 Å². The highest BCUT2D eigenvalue weighted by Crippen LogP contribution is 2.27. The number of hydrogen-bond acceptors (Lipinski definition) is 2. The predicted molar refractivity (Wildman–Crippen MR) is 77.5 cm³/mol. The molecule has 2 nitrogen and oxygen atoms in total. The van der Waals surface area contributed by atoms with E-state index in [1.54, 1.807) is 0 Å². The summed E-state index contributed by atoms with van der Waals surface area (Å²) in [7, 11) is 0. The molecule has 2 N–H and O–H groups in total. The third kappa shape index (κ3) is 3.12. The minimum absolute atomic E-state index is 0.177. The van der Waals surface area contributed by atoms with Gasteiger partial charge >= 0.3 is 0 Å². The van der Waals surface area contributed by atoms with E-state index in [0.717, 1.165) is 25.0 Å². The van der Waals surface area contributed by atoms with Crippen molar-refractivity contribution in [2.24, 2.45) is 5.73 Å². The van der Waals surface area contributed by atoms with Gasteiger partial charge in [0.05, 0.1) is 0 Å². The van der Waals surface area contributed by atoms with Crippen LogP contribution in [0, 0.1) is 0 Å². The van der Waals surface area contributed by atoms with E-state index in [1.807, 2.05) is 6.07 Å². The molecule has 3 atom stereocenters. The van der Waals surface area contributed by atoms with Gasteiger partial charge < -0.3 is 5.73 Å². The Balaban J connectivity index is 1.87. The molecule has 2 heteroatoms. The van der Waals surface area contributed by atoms with Crippen molar-refractivity contribution in [3.63, 3.8) is 0 Å². The van der Waals surface area contributed by atoms with Crippen LogP contribution in [0.25, 0.3) is 0 Å². The number of likely N-dealkylation sites (tertiary alicyclic amines) is 1. The van der Waals surface area contributed by atoms with Crippen molar-refractivity contribution in [3.05, 3.63) is 35.9 Å². The van der Waals surface area contributed by atoms with Gasteiger partial charge in [0.15, 0.2) is 0 Å². The average molecular weight is 246 g/mol. The topological polar surface area (TPSA) is 29.3 Å². The zero-order valence-corrected chi connectivity index (χ0v) is 11.7. The lowest BCUT2D eigenvalue weighted by molar-refractivity contribution is 0.191. The van der Waals surface area contributed by atoms with Gasteiger partial charge in [-0.1, -0.05) is 37.3 Å². The molecule has 1 aromatic carbocycles. The van der Waals surface area contributed by atoms with Crippen molar-refractivity contribution in [1.82, 2.24) is 4.90 Å². The maximum atomic E-state index is 6.28. The van der Waals surface area contributed by atoms with Crippen LogP contribution in [-0.2, 0) is 0 Å². The molecule has 0 amide bonds. The summed E-state index contributed by atoms with van der Waals surface area (Å²) in [6.07, 6.45) is 5.03. The second kappa shape index (κ2) is 6.35. The molecule has 1 fully saturated rings. The van der Waals surface area contributed by atoms with Crippen LogP contribution >= 0.6 is 0 Å². The maximum Gasteiger partial charge on any atom is 0.0307 e. The van der Waals surface area contributed by atoms with Crippen LogP contribution in [-0.4, -0.2) is 23.5 Å². The Hall–Kier alpha value is -0.860. The molecule has 1 aromatic rings. The van der Waals surface area contributed by atoms with Crippen LogP contribution in [0.2, 0.25) is 0 Å². The van der Waals surface area contributed by atoms with Gasteiger partial charge in [-0.25, -0.2) is 0 Å². The second-order valence-corrected chi connectivity index (χ2v) is 5.53. The van der Waals surface area contributed by atoms with Gasteiger partial charge in [0.1, 0.15) is 0 Å². The minimum Gasteiger partial charge on any atom is -0.324 e.